The molecular weight excluding hydrogens is 233 g/mol. The molecule has 0 saturated carbocycles. The molecular formula is C13H20NO2P. The van der Waals surface area contributed by atoms with E-state index in [1.165, 1.54) is 5.56 Å². The monoisotopic (exact) mass is 253 g/mol. The van der Waals surface area contributed by atoms with Gasteiger partial charge in [0.2, 0.25) is 0 Å². The van der Waals surface area contributed by atoms with Crippen LogP contribution in [0.4, 0.5) is 0 Å². The van der Waals surface area contributed by atoms with Crippen molar-refractivity contribution in [2.24, 2.45) is 0 Å². The van der Waals surface area contributed by atoms with Gasteiger partial charge in [-0.1, -0.05) is 0 Å². The minimum atomic E-state index is -2.10. The molecule has 94 valence electrons. The molecule has 0 spiro atoms. The predicted molar refractivity (Wildman–Crippen MR) is 71.2 cm³/mol. The molecule has 2 saturated heterocycles. The topological polar surface area (TPSA) is 21.7 Å². The predicted octanol–water partition coefficient (Wildman–Crippen LogP) is 2.99. The van der Waals surface area contributed by atoms with E-state index in [0.717, 1.165) is 13.2 Å². The van der Waals surface area contributed by atoms with Gasteiger partial charge in [-0.3, -0.25) is 0 Å². The Balaban J connectivity index is 1.87. The third-order valence-corrected chi connectivity index (χ3v) is 6.97. The summed E-state index contributed by atoms with van der Waals surface area (Å²) in [5, 5.41) is 0. The van der Waals surface area contributed by atoms with Crippen molar-refractivity contribution in [2.75, 3.05) is 19.8 Å². The van der Waals surface area contributed by atoms with Gasteiger partial charge in [-0.25, -0.2) is 0 Å². The van der Waals surface area contributed by atoms with Gasteiger partial charge in [-0.05, 0) is 0 Å². The average Bonchev–Trinajstić information content (AvgIpc) is 2.77. The first-order valence-corrected chi connectivity index (χ1v) is 8.42. The van der Waals surface area contributed by atoms with Crippen LogP contribution in [0.3, 0.4) is 0 Å². The summed E-state index contributed by atoms with van der Waals surface area (Å²) < 4.78 is 14.7. The van der Waals surface area contributed by atoms with Gasteiger partial charge >= 0.3 is 103 Å². The van der Waals surface area contributed by atoms with E-state index in [-0.39, 0.29) is 11.6 Å². The van der Waals surface area contributed by atoms with Crippen molar-refractivity contribution in [3.63, 3.8) is 0 Å². The number of fused-ring (bicyclic) bond motifs is 1. The third-order valence-electron chi connectivity index (χ3n) is 3.79. The molecule has 0 radical (unpaired) electrons. The number of benzene rings is 1. The van der Waals surface area contributed by atoms with Gasteiger partial charge in [0.15, 0.2) is 0 Å². The number of rotatable bonds is 1. The summed E-state index contributed by atoms with van der Waals surface area (Å²) in [6.45, 7) is 8.38. The SMILES string of the molecule is CC1(C)CO[PH]2(C)O[C@@H](c3ccccc3)CN12. The van der Waals surface area contributed by atoms with Crippen LogP contribution in [0.2, 0.25) is 0 Å². The molecule has 1 aromatic rings. The van der Waals surface area contributed by atoms with Crippen LogP contribution in [-0.2, 0) is 9.05 Å². The molecule has 4 heteroatoms. The van der Waals surface area contributed by atoms with E-state index in [0.29, 0.717) is 0 Å². The van der Waals surface area contributed by atoms with Crippen molar-refractivity contribution in [3.8, 4) is 0 Å². The minimum absolute atomic E-state index is 0.116. The molecule has 2 heterocycles. The molecule has 17 heavy (non-hydrogen) atoms. The fourth-order valence-electron chi connectivity index (χ4n) is 2.83. The van der Waals surface area contributed by atoms with Gasteiger partial charge in [0.05, 0.1) is 0 Å². The van der Waals surface area contributed by atoms with E-state index < -0.39 is 7.87 Å². The van der Waals surface area contributed by atoms with Crippen LogP contribution in [0, 0.1) is 0 Å². The van der Waals surface area contributed by atoms with Crippen LogP contribution < -0.4 is 0 Å². The van der Waals surface area contributed by atoms with Gasteiger partial charge in [-0.15, -0.1) is 0 Å². The van der Waals surface area contributed by atoms with E-state index in [2.05, 4.69) is 49.4 Å². The number of hydrogen-bond acceptors (Lipinski definition) is 3. The van der Waals surface area contributed by atoms with Gasteiger partial charge in [0.25, 0.3) is 0 Å². The van der Waals surface area contributed by atoms with Crippen molar-refractivity contribution in [3.05, 3.63) is 35.9 Å². The molecule has 1 aromatic carbocycles. The third kappa shape index (κ3) is 1.82. The summed E-state index contributed by atoms with van der Waals surface area (Å²) in [6, 6.07) is 10.4. The number of hydrogen-bond donors (Lipinski definition) is 0. The second-order valence-corrected chi connectivity index (χ2v) is 8.49. The second kappa shape index (κ2) is 3.76. The average molecular weight is 253 g/mol. The molecule has 3 rings (SSSR count). The van der Waals surface area contributed by atoms with Gasteiger partial charge in [-0.2, -0.15) is 0 Å². The van der Waals surface area contributed by atoms with E-state index in [1.54, 1.807) is 0 Å². The van der Waals surface area contributed by atoms with Gasteiger partial charge in [0.1, 0.15) is 0 Å². The Kier molecular flexibility index (Phi) is 2.57. The Hall–Kier alpha value is -0.470. The summed E-state index contributed by atoms with van der Waals surface area (Å²) in [6.07, 6.45) is 0.174. The second-order valence-electron chi connectivity index (χ2n) is 5.63. The van der Waals surface area contributed by atoms with E-state index in [4.69, 9.17) is 9.05 Å². The van der Waals surface area contributed by atoms with Crippen molar-refractivity contribution in [1.82, 2.24) is 4.67 Å². The zero-order valence-corrected chi connectivity index (χ0v) is 11.6. The molecule has 1 atom stereocenters. The van der Waals surface area contributed by atoms with Crippen LogP contribution in [0.5, 0.6) is 0 Å². The van der Waals surface area contributed by atoms with E-state index in [9.17, 15) is 0 Å². The maximum absolute atomic E-state index is 6.24. The Morgan fingerprint density at radius 3 is 2.65 bits per heavy atom. The van der Waals surface area contributed by atoms with E-state index in [1.807, 2.05) is 6.07 Å². The molecule has 3 nitrogen and oxygen atoms in total. The Labute approximate surface area is 103 Å². The van der Waals surface area contributed by atoms with Crippen LogP contribution in [-0.4, -0.2) is 30.0 Å². The van der Waals surface area contributed by atoms with Crippen molar-refractivity contribution >= 4 is 7.87 Å². The fraction of sp³-hybridized carbons (Fsp3) is 0.538. The fourth-order valence-corrected chi connectivity index (χ4v) is 6.21. The first-order chi connectivity index (χ1) is 8.01. The van der Waals surface area contributed by atoms with Crippen molar-refractivity contribution in [1.29, 1.82) is 0 Å². The normalized spacial score (nSPS) is 32.3. The van der Waals surface area contributed by atoms with Crippen LogP contribution in [0.1, 0.15) is 25.5 Å². The zero-order chi connectivity index (χ0) is 12.1. The standard InChI is InChI=1S/C13H20NO2P/c1-13(2)10-15-17(3)14(13)9-12(16-17)11-7-5-4-6-8-11/h4-8,12,17H,9-10H2,1-3H3/t12-/m1/s1. The quantitative estimate of drug-likeness (QED) is 0.718. The van der Waals surface area contributed by atoms with Crippen LogP contribution in [0.25, 0.3) is 0 Å². The summed E-state index contributed by atoms with van der Waals surface area (Å²) in [5.74, 6) is 0. The number of nitrogens with zero attached hydrogens (tertiary/aromatic N) is 1. The summed E-state index contributed by atoms with van der Waals surface area (Å²) in [7, 11) is -2.10. The van der Waals surface area contributed by atoms with Crippen molar-refractivity contribution in [2.45, 2.75) is 25.5 Å². The first kappa shape index (κ1) is 11.6. The van der Waals surface area contributed by atoms with Crippen LogP contribution >= 0.6 is 7.87 Å². The Morgan fingerprint density at radius 1 is 1.29 bits per heavy atom. The Bertz CT molecular complexity index is 423. The van der Waals surface area contributed by atoms with Crippen molar-refractivity contribution < 1.29 is 9.05 Å². The molecule has 0 aliphatic carbocycles. The molecule has 0 bridgehead atoms. The molecule has 0 N–H and O–H groups in total. The maximum atomic E-state index is 6.24. The molecule has 2 fully saturated rings. The van der Waals surface area contributed by atoms with Gasteiger partial charge in [0, 0.05) is 0 Å². The van der Waals surface area contributed by atoms with E-state index >= 15 is 0 Å². The summed E-state index contributed by atoms with van der Waals surface area (Å²) in [5.41, 5.74) is 1.37. The first-order valence-electron chi connectivity index (χ1n) is 6.16. The summed E-state index contributed by atoms with van der Waals surface area (Å²) in [4.78, 5) is 0. The Morgan fingerprint density at radius 2 is 2.00 bits per heavy atom. The molecule has 2 aliphatic heterocycles. The molecule has 0 aromatic heterocycles. The zero-order valence-electron chi connectivity index (χ0n) is 10.6. The van der Waals surface area contributed by atoms with Crippen LogP contribution in [0.15, 0.2) is 30.3 Å². The summed E-state index contributed by atoms with van der Waals surface area (Å²) >= 11 is 0. The molecule has 0 unspecified atom stereocenters. The van der Waals surface area contributed by atoms with Gasteiger partial charge < -0.3 is 0 Å². The molecule has 0 amide bonds. The molecule has 2 aliphatic rings.